The van der Waals surface area contributed by atoms with Crippen molar-refractivity contribution in [2.24, 2.45) is 0 Å². The van der Waals surface area contributed by atoms with Crippen LogP contribution in [-0.4, -0.2) is 33.2 Å². The molecule has 2 aromatic carbocycles. The van der Waals surface area contributed by atoms with Gasteiger partial charge in [0.1, 0.15) is 28.5 Å². The Morgan fingerprint density at radius 1 is 1.10 bits per heavy atom. The van der Waals surface area contributed by atoms with Gasteiger partial charge in [-0.15, -0.1) is 0 Å². The Morgan fingerprint density at radius 2 is 1.83 bits per heavy atom. The molecule has 2 N–H and O–H groups in total. The summed E-state index contributed by atoms with van der Waals surface area (Å²) in [6.45, 7) is 1.51. The van der Waals surface area contributed by atoms with Crippen LogP contribution >= 0.6 is 0 Å². The predicted octanol–water partition coefficient (Wildman–Crippen LogP) is 3.58. The van der Waals surface area contributed by atoms with Crippen molar-refractivity contribution in [3.63, 3.8) is 0 Å². The molecule has 0 spiro atoms. The number of hydrogen-bond donors (Lipinski definition) is 2. The molecule has 0 aliphatic carbocycles. The van der Waals surface area contributed by atoms with Crippen molar-refractivity contribution in [1.82, 2.24) is 9.97 Å². The fraction of sp³-hybridized carbons (Fsp3) is 0.136. The Morgan fingerprint density at radius 3 is 2.50 bits per heavy atom. The third-order valence-corrected chi connectivity index (χ3v) is 4.64. The Hall–Kier alpha value is -3.65. The van der Waals surface area contributed by atoms with Crippen molar-refractivity contribution in [1.29, 1.82) is 0 Å². The van der Waals surface area contributed by atoms with Gasteiger partial charge in [0.2, 0.25) is 0 Å². The van der Waals surface area contributed by atoms with E-state index in [4.69, 9.17) is 4.74 Å². The summed E-state index contributed by atoms with van der Waals surface area (Å²) in [6.07, 6.45) is 4.48. The average Bonchev–Trinajstić information content (AvgIpc) is 2.73. The van der Waals surface area contributed by atoms with Crippen molar-refractivity contribution in [2.45, 2.75) is 12.5 Å². The number of amides is 1. The van der Waals surface area contributed by atoms with Gasteiger partial charge in [0, 0.05) is 11.1 Å². The number of fused-ring (bicyclic) bond motifs is 1. The molecule has 0 bridgehead atoms. The van der Waals surface area contributed by atoms with Gasteiger partial charge >= 0.3 is 0 Å². The van der Waals surface area contributed by atoms with Crippen LogP contribution in [0.15, 0.2) is 60.9 Å². The molecule has 6 nitrogen and oxygen atoms in total. The quantitative estimate of drug-likeness (QED) is 0.688. The normalized spacial score (nSPS) is 17.5. The van der Waals surface area contributed by atoms with Crippen LogP contribution in [0.3, 0.4) is 0 Å². The summed E-state index contributed by atoms with van der Waals surface area (Å²) >= 11 is 0. The van der Waals surface area contributed by atoms with Crippen LogP contribution in [0.4, 0.5) is 14.6 Å². The molecule has 30 heavy (non-hydrogen) atoms. The number of anilines is 1. The molecule has 2 heterocycles. The summed E-state index contributed by atoms with van der Waals surface area (Å²) in [5.74, 6) is -2.26. The number of aliphatic hydroxyl groups is 1. The first-order chi connectivity index (χ1) is 14.4. The number of ether oxygens (including phenoxy) is 1. The zero-order valence-electron chi connectivity index (χ0n) is 15.9. The van der Waals surface area contributed by atoms with Crippen molar-refractivity contribution < 1.29 is 23.4 Å². The van der Waals surface area contributed by atoms with Gasteiger partial charge in [-0.1, -0.05) is 24.3 Å². The third-order valence-electron chi connectivity index (χ3n) is 4.64. The number of aliphatic hydroxyl groups excluding tert-OH is 1. The number of nitrogens with one attached hydrogen (secondary N) is 1. The molecule has 152 valence electrons. The van der Waals surface area contributed by atoms with Crippen LogP contribution in [0.5, 0.6) is 5.75 Å². The summed E-state index contributed by atoms with van der Waals surface area (Å²) in [7, 11) is 0. The number of para-hydroxylation sites is 1. The molecular formula is C22H17F2N3O3. The molecule has 1 aromatic heterocycles. The van der Waals surface area contributed by atoms with Gasteiger partial charge in [-0.25, -0.2) is 13.8 Å². The number of benzene rings is 2. The maximum absolute atomic E-state index is 13.8. The summed E-state index contributed by atoms with van der Waals surface area (Å²) in [5, 5.41) is 12.1. The molecule has 0 saturated carbocycles. The number of carbonyl (C=O) groups is 1. The van der Waals surface area contributed by atoms with E-state index in [1.54, 1.807) is 19.1 Å². The van der Waals surface area contributed by atoms with E-state index >= 15 is 0 Å². The van der Waals surface area contributed by atoms with Gasteiger partial charge in [0.15, 0.2) is 5.82 Å². The molecule has 0 saturated heterocycles. The minimum atomic E-state index is -0.968. The van der Waals surface area contributed by atoms with Gasteiger partial charge in [-0.05, 0) is 31.2 Å². The van der Waals surface area contributed by atoms with Crippen LogP contribution in [-0.2, 0) is 0 Å². The molecule has 8 heteroatoms. The maximum atomic E-state index is 13.8. The highest BCUT2D eigenvalue weighted by molar-refractivity contribution is 6.04. The van der Waals surface area contributed by atoms with E-state index in [0.29, 0.717) is 17.0 Å². The highest BCUT2D eigenvalue weighted by Crippen LogP contribution is 2.38. The summed E-state index contributed by atoms with van der Waals surface area (Å²) < 4.78 is 33.4. The van der Waals surface area contributed by atoms with Gasteiger partial charge < -0.3 is 15.2 Å². The average molecular weight is 409 g/mol. The van der Waals surface area contributed by atoms with E-state index in [-0.39, 0.29) is 12.4 Å². The lowest BCUT2D eigenvalue weighted by atomic mass is 9.92. The first kappa shape index (κ1) is 19.7. The molecule has 0 radical (unpaired) electrons. The third kappa shape index (κ3) is 3.65. The smallest absolute Gasteiger partial charge is 0.262 e. The number of halogens is 2. The SMILES string of the molecule is CC1(CO)C=C(c2cnc(NC(=O)c3c(F)cccc3F)cn2)c2ccccc2O1. The predicted molar refractivity (Wildman–Crippen MR) is 106 cm³/mol. The molecule has 1 unspecified atom stereocenters. The Kier molecular flexibility index (Phi) is 5.01. The van der Waals surface area contributed by atoms with Crippen molar-refractivity contribution >= 4 is 17.3 Å². The van der Waals surface area contributed by atoms with Crippen LogP contribution in [0.25, 0.3) is 5.57 Å². The molecular weight excluding hydrogens is 392 g/mol. The van der Waals surface area contributed by atoms with Crippen LogP contribution in [0, 0.1) is 11.6 Å². The van der Waals surface area contributed by atoms with Crippen LogP contribution in [0.1, 0.15) is 28.5 Å². The molecule has 1 aliphatic rings. The fourth-order valence-corrected chi connectivity index (χ4v) is 3.16. The standard InChI is InChI=1S/C22H17F2N3O3/c1-22(12-28)9-14(13-5-2-3-8-18(13)30-22)17-10-26-19(11-25-17)27-21(29)20-15(23)6-4-7-16(20)24/h2-11,28H,12H2,1H3,(H,26,27,29). The monoisotopic (exact) mass is 409 g/mol. The first-order valence-corrected chi connectivity index (χ1v) is 9.10. The van der Waals surface area contributed by atoms with Crippen molar-refractivity contribution in [3.8, 4) is 5.75 Å². The molecule has 1 amide bonds. The highest BCUT2D eigenvalue weighted by Gasteiger charge is 2.31. The molecule has 4 rings (SSSR count). The first-order valence-electron chi connectivity index (χ1n) is 9.10. The number of aromatic nitrogens is 2. The molecule has 1 atom stereocenters. The zero-order valence-corrected chi connectivity index (χ0v) is 15.9. The summed E-state index contributed by atoms with van der Waals surface area (Å²) in [5.41, 5.74) is 0.353. The topological polar surface area (TPSA) is 84.3 Å². The second kappa shape index (κ2) is 7.64. The van der Waals surface area contributed by atoms with E-state index in [9.17, 15) is 18.7 Å². The van der Waals surface area contributed by atoms with Crippen LogP contribution < -0.4 is 10.1 Å². The second-order valence-corrected chi connectivity index (χ2v) is 6.96. The number of carbonyl (C=O) groups excluding carboxylic acids is 1. The minimum absolute atomic E-state index is 0.0391. The van der Waals surface area contributed by atoms with Gasteiger partial charge in [0.25, 0.3) is 5.91 Å². The second-order valence-electron chi connectivity index (χ2n) is 6.96. The van der Waals surface area contributed by atoms with Crippen molar-refractivity contribution in [2.75, 3.05) is 11.9 Å². The molecule has 1 aliphatic heterocycles. The lowest BCUT2D eigenvalue weighted by molar-refractivity contribution is 0.0635. The lowest BCUT2D eigenvalue weighted by Gasteiger charge is -2.32. The van der Waals surface area contributed by atoms with E-state index in [0.717, 1.165) is 17.7 Å². The van der Waals surface area contributed by atoms with Crippen LogP contribution in [0.2, 0.25) is 0 Å². The fourth-order valence-electron chi connectivity index (χ4n) is 3.16. The highest BCUT2D eigenvalue weighted by atomic mass is 19.1. The van der Waals surface area contributed by atoms with Gasteiger partial charge in [0.05, 0.1) is 24.7 Å². The Bertz CT molecular complexity index is 1130. The van der Waals surface area contributed by atoms with Crippen molar-refractivity contribution in [3.05, 3.63) is 89.4 Å². The number of nitrogens with zero attached hydrogens (tertiary/aromatic N) is 2. The van der Waals surface area contributed by atoms with E-state index in [2.05, 4.69) is 15.3 Å². The summed E-state index contributed by atoms with van der Waals surface area (Å²) in [6, 6.07) is 10.5. The minimum Gasteiger partial charge on any atom is -0.480 e. The van der Waals surface area contributed by atoms with E-state index < -0.39 is 28.7 Å². The van der Waals surface area contributed by atoms with Gasteiger partial charge in [-0.3, -0.25) is 9.78 Å². The molecule has 3 aromatic rings. The van der Waals surface area contributed by atoms with E-state index in [1.165, 1.54) is 18.5 Å². The molecule has 0 fully saturated rings. The Balaban J connectivity index is 1.63. The zero-order chi connectivity index (χ0) is 21.3. The van der Waals surface area contributed by atoms with Gasteiger partial charge in [-0.2, -0.15) is 0 Å². The summed E-state index contributed by atoms with van der Waals surface area (Å²) in [4.78, 5) is 20.7. The lowest BCUT2D eigenvalue weighted by Crippen LogP contribution is -2.37. The number of rotatable bonds is 4. The Labute approximate surface area is 170 Å². The van der Waals surface area contributed by atoms with E-state index in [1.807, 2.05) is 18.2 Å². The number of hydrogen-bond acceptors (Lipinski definition) is 5. The largest absolute Gasteiger partial charge is 0.480 e. The maximum Gasteiger partial charge on any atom is 0.262 e.